The Labute approximate surface area is 132 Å². The van der Waals surface area contributed by atoms with Crippen LogP contribution in [0.1, 0.15) is 55.5 Å². The second-order valence-corrected chi connectivity index (χ2v) is 6.83. The highest BCUT2D eigenvalue weighted by Crippen LogP contribution is 2.43. The number of aromatic carboxylic acids is 1. The molecule has 0 heterocycles. The van der Waals surface area contributed by atoms with Crippen LogP contribution in [-0.2, 0) is 6.54 Å². The Bertz CT molecular complexity index is 490. The van der Waals surface area contributed by atoms with Crippen LogP contribution in [0.5, 0.6) is 0 Å². The largest absolute Gasteiger partial charge is 0.478 e. The topological polar surface area (TPSA) is 69.6 Å². The van der Waals surface area contributed by atoms with E-state index in [1.807, 2.05) is 12.1 Å². The van der Waals surface area contributed by atoms with Gasteiger partial charge in [0.15, 0.2) is 0 Å². The zero-order chi connectivity index (χ0) is 16.2. The molecule has 0 amide bonds. The van der Waals surface area contributed by atoms with E-state index in [1.165, 1.54) is 12.8 Å². The maximum Gasteiger partial charge on any atom is 0.335 e. The van der Waals surface area contributed by atoms with Crippen LogP contribution in [0.2, 0.25) is 0 Å². The number of hydrogen-bond donors (Lipinski definition) is 3. The standard InChI is InChI=1S/C18H27NO3/c1-13(2)16(18(12-20)9-3-4-10-18)19-11-14-5-7-15(8-6-14)17(21)22/h5-8,13,16,19-20H,3-4,9-12H2,1-2H3,(H,21,22). The summed E-state index contributed by atoms with van der Waals surface area (Å²) in [6.07, 6.45) is 4.55. The monoisotopic (exact) mass is 305 g/mol. The first-order chi connectivity index (χ1) is 10.5. The van der Waals surface area contributed by atoms with Crippen molar-refractivity contribution in [3.8, 4) is 0 Å². The molecule has 1 aliphatic rings. The minimum absolute atomic E-state index is 0.00479. The molecule has 1 unspecified atom stereocenters. The van der Waals surface area contributed by atoms with E-state index in [4.69, 9.17) is 5.11 Å². The van der Waals surface area contributed by atoms with Crippen molar-refractivity contribution >= 4 is 5.97 Å². The van der Waals surface area contributed by atoms with Crippen LogP contribution < -0.4 is 5.32 Å². The lowest BCUT2D eigenvalue weighted by atomic mass is 9.74. The van der Waals surface area contributed by atoms with Gasteiger partial charge in [-0.25, -0.2) is 4.79 Å². The van der Waals surface area contributed by atoms with Crippen molar-refractivity contribution in [3.63, 3.8) is 0 Å². The molecule has 2 rings (SSSR count). The summed E-state index contributed by atoms with van der Waals surface area (Å²) in [7, 11) is 0. The molecule has 0 spiro atoms. The Morgan fingerprint density at radius 2 is 1.82 bits per heavy atom. The maximum absolute atomic E-state index is 10.9. The lowest BCUT2D eigenvalue weighted by Crippen LogP contribution is -2.49. The molecule has 4 nitrogen and oxygen atoms in total. The zero-order valence-electron chi connectivity index (χ0n) is 13.5. The van der Waals surface area contributed by atoms with Gasteiger partial charge in [0.05, 0.1) is 12.2 Å². The molecule has 0 aromatic heterocycles. The Morgan fingerprint density at radius 3 is 2.27 bits per heavy atom. The molecule has 1 aromatic carbocycles. The first-order valence-corrected chi connectivity index (χ1v) is 8.15. The van der Waals surface area contributed by atoms with Gasteiger partial charge in [-0.1, -0.05) is 38.8 Å². The van der Waals surface area contributed by atoms with Crippen molar-refractivity contribution in [2.75, 3.05) is 6.61 Å². The quantitative estimate of drug-likeness (QED) is 0.724. The smallest absolute Gasteiger partial charge is 0.335 e. The number of hydrogen-bond acceptors (Lipinski definition) is 3. The highest BCUT2D eigenvalue weighted by atomic mass is 16.4. The van der Waals surface area contributed by atoms with Gasteiger partial charge in [0.25, 0.3) is 0 Å². The molecular formula is C18H27NO3. The highest BCUT2D eigenvalue weighted by molar-refractivity contribution is 5.87. The van der Waals surface area contributed by atoms with Crippen LogP contribution in [-0.4, -0.2) is 28.8 Å². The molecule has 122 valence electrons. The summed E-state index contributed by atoms with van der Waals surface area (Å²) in [5.74, 6) is -0.451. The molecular weight excluding hydrogens is 278 g/mol. The third-order valence-corrected chi connectivity index (χ3v) is 4.97. The normalized spacial score (nSPS) is 18.5. The van der Waals surface area contributed by atoms with E-state index in [1.54, 1.807) is 12.1 Å². The summed E-state index contributed by atoms with van der Waals surface area (Å²) in [5, 5.41) is 22.5. The van der Waals surface area contributed by atoms with Crippen molar-refractivity contribution in [1.29, 1.82) is 0 Å². The summed E-state index contributed by atoms with van der Waals surface area (Å²) in [5.41, 5.74) is 1.38. The Kier molecular flexibility index (Phi) is 5.59. The van der Waals surface area contributed by atoms with Gasteiger partial charge >= 0.3 is 5.97 Å². The fourth-order valence-corrected chi connectivity index (χ4v) is 3.80. The first-order valence-electron chi connectivity index (χ1n) is 8.15. The molecule has 3 N–H and O–H groups in total. The van der Waals surface area contributed by atoms with Crippen LogP contribution in [0.15, 0.2) is 24.3 Å². The zero-order valence-corrected chi connectivity index (χ0v) is 13.5. The molecule has 1 saturated carbocycles. The lowest BCUT2D eigenvalue weighted by molar-refractivity contribution is 0.0649. The van der Waals surface area contributed by atoms with Crippen molar-refractivity contribution in [2.45, 2.75) is 52.1 Å². The van der Waals surface area contributed by atoms with E-state index in [2.05, 4.69) is 19.2 Å². The number of carboxylic acid groups (broad SMARTS) is 1. The van der Waals surface area contributed by atoms with Gasteiger partial charge in [0.1, 0.15) is 0 Å². The Morgan fingerprint density at radius 1 is 1.23 bits per heavy atom. The van der Waals surface area contributed by atoms with Gasteiger partial charge in [0.2, 0.25) is 0 Å². The van der Waals surface area contributed by atoms with E-state index >= 15 is 0 Å². The number of nitrogens with one attached hydrogen (secondary N) is 1. The minimum Gasteiger partial charge on any atom is -0.478 e. The molecule has 0 bridgehead atoms. The van der Waals surface area contributed by atoms with Gasteiger partial charge in [0, 0.05) is 18.0 Å². The lowest BCUT2D eigenvalue weighted by Gasteiger charge is -2.39. The summed E-state index contributed by atoms with van der Waals surface area (Å²) in [6, 6.07) is 7.27. The predicted molar refractivity (Wildman–Crippen MR) is 86.9 cm³/mol. The van der Waals surface area contributed by atoms with E-state index < -0.39 is 5.97 Å². The number of aliphatic hydroxyl groups is 1. The third kappa shape index (κ3) is 3.68. The Hall–Kier alpha value is -1.39. The van der Waals surface area contributed by atoms with E-state index in [9.17, 15) is 9.90 Å². The molecule has 22 heavy (non-hydrogen) atoms. The van der Waals surface area contributed by atoms with Crippen LogP contribution in [0, 0.1) is 11.3 Å². The highest BCUT2D eigenvalue weighted by Gasteiger charge is 2.41. The van der Waals surface area contributed by atoms with Crippen LogP contribution in [0.4, 0.5) is 0 Å². The fraction of sp³-hybridized carbons (Fsp3) is 0.611. The molecule has 1 fully saturated rings. The average Bonchev–Trinajstić information content (AvgIpc) is 2.97. The molecule has 1 aromatic rings. The first kappa shape index (κ1) is 17.0. The van der Waals surface area contributed by atoms with Gasteiger partial charge in [-0.2, -0.15) is 0 Å². The van der Waals surface area contributed by atoms with Crippen molar-refractivity contribution < 1.29 is 15.0 Å². The number of rotatable bonds is 7. The summed E-state index contributed by atoms with van der Waals surface area (Å²) in [4.78, 5) is 10.9. The molecule has 0 saturated heterocycles. The van der Waals surface area contributed by atoms with Crippen LogP contribution in [0.25, 0.3) is 0 Å². The van der Waals surface area contributed by atoms with Crippen molar-refractivity contribution in [2.24, 2.45) is 11.3 Å². The predicted octanol–water partition coefficient (Wildman–Crippen LogP) is 3.05. The number of benzene rings is 1. The molecule has 0 radical (unpaired) electrons. The van der Waals surface area contributed by atoms with E-state index in [-0.39, 0.29) is 18.1 Å². The van der Waals surface area contributed by atoms with Gasteiger partial charge < -0.3 is 15.5 Å². The molecule has 1 atom stereocenters. The number of carbonyl (C=O) groups is 1. The maximum atomic E-state index is 10.9. The second-order valence-electron chi connectivity index (χ2n) is 6.83. The second kappa shape index (κ2) is 7.25. The SMILES string of the molecule is CC(C)C(NCc1ccc(C(=O)O)cc1)C1(CO)CCCC1. The summed E-state index contributed by atoms with van der Waals surface area (Å²) < 4.78 is 0. The van der Waals surface area contributed by atoms with Crippen LogP contribution in [0.3, 0.4) is 0 Å². The number of aliphatic hydroxyl groups excluding tert-OH is 1. The van der Waals surface area contributed by atoms with E-state index in [0.717, 1.165) is 18.4 Å². The fourth-order valence-electron chi connectivity index (χ4n) is 3.80. The summed E-state index contributed by atoms with van der Waals surface area (Å²) >= 11 is 0. The number of carboxylic acids is 1. The van der Waals surface area contributed by atoms with Gasteiger partial charge in [-0.05, 0) is 36.5 Å². The van der Waals surface area contributed by atoms with Crippen LogP contribution >= 0.6 is 0 Å². The average molecular weight is 305 g/mol. The van der Waals surface area contributed by atoms with Crippen molar-refractivity contribution in [1.82, 2.24) is 5.32 Å². The molecule has 1 aliphatic carbocycles. The molecule has 4 heteroatoms. The van der Waals surface area contributed by atoms with Gasteiger partial charge in [-0.15, -0.1) is 0 Å². The molecule has 0 aliphatic heterocycles. The third-order valence-electron chi connectivity index (χ3n) is 4.97. The van der Waals surface area contributed by atoms with E-state index in [0.29, 0.717) is 18.0 Å². The Balaban J connectivity index is 2.04. The van der Waals surface area contributed by atoms with Crippen molar-refractivity contribution in [3.05, 3.63) is 35.4 Å². The summed E-state index contributed by atoms with van der Waals surface area (Å²) in [6.45, 7) is 5.33. The minimum atomic E-state index is -0.898. The van der Waals surface area contributed by atoms with Gasteiger partial charge in [-0.3, -0.25) is 0 Å².